The van der Waals surface area contributed by atoms with Gasteiger partial charge in [-0.05, 0) is 6.92 Å². The van der Waals surface area contributed by atoms with Crippen LogP contribution >= 0.6 is 23.6 Å². The Bertz CT molecular complexity index is 645. The monoisotopic (exact) mass is 268 g/mol. The lowest BCUT2D eigenvalue weighted by Crippen LogP contribution is -2.09. The summed E-state index contributed by atoms with van der Waals surface area (Å²) in [6, 6.07) is 1.36. The van der Waals surface area contributed by atoms with Crippen molar-refractivity contribution in [2.75, 3.05) is 0 Å². The van der Waals surface area contributed by atoms with Crippen LogP contribution in [0, 0.1) is 6.92 Å². The highest BCUT2D eigenvalue weighted by atomic mass is 32.1. The Morgan fingerprint density at radius 3 is 2.88 bits per heavy atom. The number of aryl methyl sites for hydroxylation is 1. The normalized spacial score (nSPS) is 10.4. The molecule has 0 aliphatic rings. The lowest BCUT2D eigenvalue weighted by molar-refractivity contribution is 0.438. The van der Waals surface area contributed by atoms with Crippen LogP contribution < -0.4 is 11.4 Å². The van der Waals surface area contributed by atoms with Crippen LogP contribution in [0.4, 0.5) is 0 Å². The average Bonchev–Trinajstić information content (AvgIpc) is 2.65. The number of hydrogen-bond acceptors (Lipinski definition) is 6. The van der Waals surface area contributed by atoms with Crippen molar-refractivity contribution in [3.8, 4) is 17.0 Å². The second kappa shape index (κ2) is 4.27. The molecule has 5 nitrogen and oxygen atoms in total. The maximum absolute atomic E-state index is 11.6. The predicted molar refractivity (Wildman–Crippen MR) is 68.4 cm³/mol. The van der Waals surface area contributed by atoms with Crippen molar-refractivity contribution in [1.29, 1.82) is 0 Å². The van der Waals surface area contributed by atoms with Crippen LogP contribution in [0.2, 0.25) is 0 Å². The molecule has 7 heteroatoms. The first kappa shape index (κ1) is 11.7. The zero-order valence-electron chi connectivity index (χ0n) is 8.76. The number of hydrogen-bond donors (Lipinski definition) is 2. The van der Waals surface area contributed by atoms with Crippen LogP contribution in [0.3, 0.4) is 0 Å². The predicted octanol–water partition coefficient (Wildman–Crippen LogP) is 1.41. The topological polar surface area (TPSA) is 89.4 Å². The van der Waals surface area contributed by atoms with Gasteiger partial charge >= 0.3 is 5.63 Å². The Labute approximate surface area is 106 Å². The minimum absolute atomic E-state index is 0.0225. The van der Waals surface area contributed by atoms with E-state index in [0.29, 0.717) is 16.5 Å². The highest BCUT2D eigenvalue weighted by Gasteiger charge is 2.16. The molecule has 2 aromatic rings. The molecule has 88 valence electrons. The molecule has 0 atom stereocenters. The molecule has 2 heterocycles. The molecule has 0 spiro atoms. The number of rotatable bonds is 2. The third kappa shape index (κ3) is 2.20. The molecule has 0 fully saturated rings. The third-order valence-electron chi connectivity index (χ3n) is 2.03. The lowest BCUT2D eigenvalue weighted by Gasteiger charge is -2.00. The second-order valence-electron chi connectivity index (χ2n) is 3.31. The zero-order valence-corrected chi connectivity index (χ0v) is 10.4. The molecule has 3 N–H and O–H groups in total. The van der Waals surface area contributed by atoms with Crippen molar-refractivity contribution in [3.05, 3.63) is 32.6 Å². The molecule has 0 radical (unpaired) electrons. The number of nitrogens with zero attached hydrogens (tertiary/aromatic N) is 1. The van der Waals surface area contributed by atoms with Crippen LogP contribution in [-0.4, -0.2) is 15.1 Å². The van der Waals surface area contributed by atoms with Crippen molar-refractivity contribution < 1.29 is 9.52 Å². The standard InChI is InChI=1S/C10H8N2O3S2/c1-4-2-6(13)7(10(14)15-4)5-3-17-9(12-5)8(11)16/h2-3,13H,1H3,(H2,11,16). The number of nitrogens with two attached hydrogens (primary N) is 1. The van der Waals surface area contributed by atoms with Gasteiger partial charge in [-0.1, -0.05) is 12.2 Å². The molecule has 17 heavy (non-hydrogen) atoms. The van der Waals surface area contributed by atoms with Crippen LogP contribution in [0.5, 0.6) is 5.75 Å². The van der Waals surface area contributed by atoms with Gasteiger partial charge < -0.3 is 15.3 Å². The van der Waals surface area contributed by atoms with Crippen molar-refractivity contribution in [1.82, 2.24) is 4.98 Å². The van der Waals surface area contributed by atoms with E-state index in [4.69, 9.17) is 22.4 Å². The molecule has 0 aliphatic carbocycles. The molecule has 0 bridgehead atoms. The minimum Gasteiger partial charge on any atom is -0.507 e. The van der Waals surface area contributed by atoms with E-state index in [1.54, 1.807) is 12.3 Å². The number of aromatic hydroxyl groups is 1. The van der Waals surface area contributed by atoms with Gasteiger partial charge in [-0.3, -0.25) is 0 Å². The van der Waals surface area contributed by atoms with E-state index < -0.39 is 5.63 Å². The van der Waals surface area contributed by atoms with Crippen LogP contribution in [0.1, 0.15) is 10.8 Å². The van der Waals surface area contributed by atoms with E-state index in [1.165, 1.54) is 17.4 Å². The molecule has 0 unspecified atom stereocenters. The lowest BCUT2D eigenvalue weighted by atomic mass is 10.2. The highest BCUT2D eigenvalue weighted by Crippen LogP contribution is 2.27. The molecule has 2 aromatic heterocycles. The van der Waals surface area contributed by atoms with Crippen LogP contribution in [0.15, 0.2) is 20.7 Å². The van der Waals surface area contributed by atoms with Gasteiger partial charge in [0.1, 0.15) is 22.1 Å². The fourth-order valence-electron chi connectivity index (χ4n) is 1.33. The van der Waals surface area contributed by atoms with E-state index in [2.05, 4.69) is 4.98 Å². The maximum Gasteiger partial charge on any atom is 0.349 e. The zero-order chi connectivity index (χ0) is 12.6. The van der Waals surface area contributed by atoms with E-state index >= 15 is 0 Å². The minimum atomic E-state index is -0.637. The fourth-order valence-corrected chi connectivity index (χ4v) is 2.18. The summed E-state index contributed by atoms with van der Waals surface area (Å²) in [6.45, 7) is 1.58. The molecule has 0 aromatic carbocycles. The van der Waals surface area contributed by atoms with Crippen LogP contribution in [-0.2, 0) is 0 Å². The molecule has 0 saturated heterocycles. The van der Waals surface area contributed by atoms with Gasteiger partial charge in [-0.25, -0.2) is 9.78 Å². The molecular weight excluding hydrogens is 260 g/mol. The summed E-state index contributed by atoms with van der Waals surface area (Å²) < 4.78 is 4.90. The Kier molecular flexibility index (Phi) is 2.95. The van der Waals surface area contributed by atoms with Gasteiger partial charge in [0.25, 0.3) is 0 Å². The van der Waals surface area contributed by atoms with Gasteiger partial charge in [-0.15, -0.1) is 11.3 Å². The summed E-state index contributed by atoms with van der Waals surface area (Å²) in [5, 5.41) is 11.7. The van der Waals surface area contributed by atoms with E-state index in [9.17, 15) is 9.90 Å². The molecular formula is C10H8N2O3S2. The Morgan fingerprint density at radius 1 is 1.65 bits per heavy atom. The first-order valence-corrected chi connectivity index (χ1v) is 5.87. The summed E-state index contributed by atoms with van der Waals surface area (Å²) in [5.41, 5.74) is 5.12. The van der Waals surface area contributed by atoms with Crippen molar-refractivity contribution >= 4 is 28.5 Å². The largest absolute Gasteiger partial charge is 0.507 e. The smallest absolute Gasteiger partial charge is 0.349 e. The van der Waals surface area contributed by atoms with Gasteiger partial charge in [0.15, 0.2) is 5.01 Å². The molecule has 0 amide bonds. The second-order valence-corrected chi connectivity index (χ2v) is 4.60. The summed E-state index contributed by atoms with van der Waals surface area (Å²) in [6.07, 6.45) is 0. The molecule has 2 rings (SSSR count). The molecule has 0 aliphatic heterocycles. The summed E-state index contributed by atoms with van der Waals surface area (Å²) in [4.78, 5) is 15.8. The van der Waals surface area contributed by atoms with Crippen molar-refractivity contribution in [3.63, 3.8) is 0 Å². The Morgan fingerprint density at radius 2 is 2.35 bits per heavy atom. The van der Waals surface area contributed by atoms with Crippen molar-refractivity contribution in [2.24, 2.45) is 5.73 Å². The SMILES string of the molecule is Cc1cc(O)c(-c2csc(C(N)=S)n2)c(=O)o1. The third-order valence-corrected chi connectivity index (χ3v) is 3.22. The quantitative estimate of drug-likeness (QED) is 0.800. The number of aromatic nitrogens is 1. The summed E-state index contributed by atoms with van der Waals surface area (Å²) >= 11 is 5.98. The van der Waals surface area contributed by atoms with E-state index in [1.807, 2.05) is 0 Å². The Hall–Kier alpha value is -1.73. The van der Waals surface area contributed by atoms with Gasteiger partial charge in [-0.2, -0.15) is 0 Å². The van der Waals surface area contributed by atoms with Crippen LogP contribution in [0.25, 0.3) is 11.3 Å². The van der Waals surface area contributed by atoms with E-state index in [0.717, 1.165) is 0 Å². The Balaban J connectivity index is 2.60. The highest BCUT2D eigenvalue weighted by molar-refractivity contribution is 7.81. The van der Waals surface area contributed by atoms with Gasteiger partial charge in [0.2, 0.25) is 0 Å². The van der Waals surface area contributed by atoms with Gasteiger partial charge in [0.05, 0.1) is 5.69 Å². The number of thiazole rings is 1. The summed E-state index contributed by atoms with van der Waals surface area (Å²) in [5.74, 6) is 0.166. The fraction of sp³-hybridized carbons (Fsp3) is 0.100. The van der Waals surface area contributed by atoms with Gasteiger partial charge in [0, 0.05) is 11.4 Å². The first-order chi connectivity index (χ1) is 7.99. The van der Waals surface area contributed by atoms with E-state index in [-0.39, 0.29) is 16.3 Å². The summed E-state index contributed by atoms with van der Waals surface area (Å²) in [7, 11) is 0. The molecule has 0 saturated carbocycles. The van der Waals surface area contributed by atoms with Crippen molar-refractivity contribution in [2.45, 2.75) is 6.92 Å². The average molecular weight is 268 g/mol. The maximum atomic E-state index is 11.6. The first-order valence-electron chi connectivity index (χ1n) is 4.58. The number of thiocarbonyl (C=S) groups is 1.